The molecule has 0 aliphatic heterocycles. The van der Waals surface area contributed by atoms with E-state index in [1.807, 2.05) is 6.07 Å². The van der Waals surface area contributed by atoms with Gasteiger partial charge < -0.3 is 5.32 Å². The summed E-state index contributed by atoms with van der Waals surface area (Å²) in [6.07, 6.45) is 2.21. The molecule has 0 spiro atoms. The smallest absolute Gasteiger partial charge is 0.117 e. The monoisotopic (exact) mass is 282 g/mol. The number of fused-ring (bicyclic) bond motifs is 1. The zero-order valence-electron chi connectivity index (χ0n) is 10.9. The Morgan fingerprint density at radius 3 is 2.89 bits per heavy atom. The van der Waals surface area contributed by atoms with Crippen LogP contribution in [0.3, 0.4) is 0 Å². The Kier molecular flexibility index (Phi) is 4.46. The molecule has 0 radical (unpaired) electrons. The van der Waals surface area contributed by atoms with Crippen LogP contribution in [0.15, 0.2) is 24.3 Å². The minimum absolute atomic E-state index is 0.264. The number of hydrogen-bond donors (Lipinski definition) is 1. The summed E-state index contributed by atoms with van der Waals surface area (Å²) in [6, 6.07) is 8.25. The van der Waals surface area contributed by atoms with Gasteiger partial charge in [0.25, 0.3) is 0 Å². The summed E-state index contributed by atoms with van der Waals surface area (Å²) < 4.78 is 4.44. The minimum atomic E-state index is 0.264. The average Bonchev–Trinajstić information content (AvgIpc) is 2.78. The molecule has 1 aromatic carbocycles. The quantitative estimate of drug-likeness (QED) is 0.773. The first-order chi connectivity index (χ1) is 8.62. The number of anilines is 1. The first-order valence-electron chi connectivity index (χ1n) is 6.27. The second-order valence-corrected chi connectivity index (χ2v) is 6.49. The van der Waals surface area contributed by atoms with E-state index in [2.05, 4.69) is 41.7 Å². The van der Waals surface area contributed by atoms with Gasteiger partial charge in [0.15, 0.2) is 0 Å². The number of aromatic nitrogens is 1. The molecular weight excluding hydrogens is 264 g/mol. The van der Waals surface area contributed by atoms with Crippen LogP contribution >= 0.6 is 23.1 Å². The molecule has 1 N–H and O–H groups in total. The standard InChI is InChI=1S/C14H19ClN2S/c1-14(2,8-5-9-15)10-16-13-11-6-3-4-7-12(11)17-18-13/h3-4,6-7,16H,5,8-10H2,1-2H3. The van der Waals surface area contributed by atoms with Crippen LogP contribution in [0.2, 0.25) is 0 Å². The fourth-order valence-corrected chi connectivity index (χ4v) is 2.86. The molecule has 0 amide bonds. The van der Waals surface area contributed by atoms with Crippen LogP contribution < -0.4 is 5.32 Å². The molecule has 0 saturated heterocycles. The number of benzene rings is 1. The van der Waals surface area contributed by atoms with Gasteiger partial charge in [0.1, 0.15) is 5.00 Å². The number of nitrogens with one attached hydrogen (secondary N) is 1. The predicted molar refractivity (Wildman–Crippen MR) is 81.8 cm³/mol. The van der Waals surface area contributed by atoms with Crippen molar-refractivity contribution in [3.63, 3.8) is 0 Å². The number of halogens is 1. The van der Waals surface area contributed by atoms with E-state index in [1.165, 1.54) is 10.4 Å². The Morgan fingerprint density at radius 2 is 2.11 bits per heavy atom. The van der Waals surface area contributed by atoms with E-state index in [-0.39, 0.29) is 5.41 Å². The van der Waals surface area contributed by atoms with Crippen molar-refractivity contribution in [3.05, 3.63) is 24.3 Å². The largest absolute Gasteiger partial charge is 0.375 e. The Hall–Kier alpha value is -0.800. The molecular formula is C14H19ClN2S. The maximum atomic E-state index is 5.76. The van der Waals surface area contributed by atoms with E-state index in [0.717, 1.165) is 30.8 Å². The van der Waals surface area contributed by atoms with Crippen LogP contribution in [0.25, 0.3) is 10.9 Å². The van der Waals surface area contributed by atoms with Crippen LogP contribution in [-0.4, -0.2) is 16.8 Å². The fourth-order valence-electron chi connectivity index (χ4n) is 1.97. The normalized spacial score (nSPS) is 11.9. The van der Waals surface area contributed by atoms with E-state index in [0.29, 0.717) is 0 Å². The van der Waals surface area contributed by atoms with Crippen molar-refractivity contribution in [2.24, 2.45) is 5.41 Å². The van der Waals surface area contributed by atoms with E-state index >= 15 is 0 Å². The summed E-state index contributed by atoms with van der Waals surface area (Å²) in [5.74, 6) is 0.743. The molecule has 1 heterocycles. The van der Waals surface area contributed by atoms with Gasteiger partial charge in [-0.05, 0) is 41.9 Å². The Morgan fingerprint density at radius 1 is 1.33 bits per heavy atom. The lowest BCUT2D eigenvalue weighted by molar-refractivity contribution is 0.356. The highest BCUT2D eigenvalue weighted by atomic mass is 35.5. The van der Waals surface area contributed by atoms with E-state index in [4.69, 9.17) is 11.6 Å². The minimum Gasteiger partial charge on any atom is -0.375 e. The van der Waals surface area contributed by atoms with E-state index in [9.17, 15) is 0 Å². The van der Waals surface area contributed by atoms with Crippen molar-refractivity contribution in [2.45, 2.75) is 26.7 Å². The van der Waals surface area contributed by atoms with Crippen LogP contribution in [0.5, 0.6) is 0 Å². The summed E-state index contributed by atoms with van der Waals surface area (Å²) in [7, 11) is 0. The fraction of sp³-hybridized carbons (Fsp3) is 0.500. The third-order valence-electron chi connectivity index (χ3n) is 3.10. The first kappa shape index (κ1) is 13.6. The Bertz CT molecular complexity index is 507. The van der Waals surface area contributed by atoms with E-state index in [1.54, 1.807) is 11.5 Å². The van der Waals surface area contributed by atoms with Crippen LogP contribution in [-0.2, 0) is 0 Å². The van der Waals surface area contributed by atoms with Crippen LogP contribution in [0.1, 0.15) is 26.7 Å². The van der Waals surface area contributed by atoms with Crippen molar-refractivity contribution in [1.82, 2.24) is 4.37 Å². The lowest BCUT2D eigenvalue weighted by Crippen LogP contribution is -2.22. The van der Waals surface area contributed by atoms with Crippen molar-refractivity contribution >= 4 is 39.0 Å². The zero-order valence-corrected chi connectivity index (χ0v) is 12.4. The first-order valence-corrected chi connectivity index (χ1v) is 7.57. The number of hydrogen-bond acceptors (Lipinski definition) is 3. The summed E-state index contributed by atoms with van der Waals surface area (Å²) in [5.41, 5.74) is 1.34. The number of nitrogens with zero attached hydrogens (tertiary/aromatic N) is 1. The molecule has 0 aliphatic rings. The van der Waals surface area contributed by atoms with Crippen LogP contribution in [0, 0.1) is 5.41 Å². The van der Waals surface area contributed by atoms with Crippen molar-refractivity contribution in [2.75, 3.05) is 17.7 Å². The number of rotatable bonds is 6. The number of alkyl halides is 1. The van der Waals surface area contributed by atoms with Gasteiger partial charge in [0, 0.05) is 17.8 Å². The molecule has 18 heavy (non-hydrogen) atoms. The molecule has 0 fully saturated rings. The van der Waals surface area contributed by atoms with Gasteiger partial charge in [-0.25, -0.2) is 0 Å². The van der Waals surface area contributed by atoms with Gasteiger partial charge in [0.2, 0.25) is 0 Å². The van der Waals surface area contributed by atoms with Crippen molar-refractivity contribution < 1.29 is 0 Å². The third kappa shape index (κ3) is 3.36. The van der Waals surface area contributed by atoms with Gasteiger partial charge in [-0.3, -0.25) is 0 Å². The Labute approximate surface area is 118 Å². The highest BCUT2D eigenvalue weighted by molar-refractivity contribution is 7.11. The lowest BCUT2D eigenvalue weighted by atomic mass is 9.88. The maximum Gasteiger partial charge on any atom is 0.117 e. The molecule has 0 atom stereocenters. The third-order valence-corrected chi connectivity index (χ3v) is 4.20. The molecule has 2 rings (SSSR count). The molecule has 4 heteroatoms. The highest BCUT2D eigenvalue weighted by Crippen LogP contribution is 2.30. The molecule has 0 bridgehead atoms. The summed E-state index contributed by atoms with van der Waals surface area (Å²) >= 11 is 7.30. The molecule has 2 nitrogen and oxygen atoms in total. The van der Waals surface area contributed by atoms with Crippen molar-refractivity contribution in [3.8, 4) is 0 Å². The van der Waals surface area contributed by atoms with Gasteiger partial charge >= 0.3 is 0 Å². The molecule has 0 unspecified atom stereocenters. The summed E-state index contributed by atoms with van der Waals surface area (Å²) in [6.45, 7) is 5.50. The summed E-state index contributed by atoms with van der Waals surface area (Å²) in [4.78, 5) is 0. The van der Waals surface area contributed by atoms with Crippen LogP contribution in [0.4, 0.5) is 5.00 Å². The molecule has 98 valence electrons. The topological polar surface area (TPSA) is 24.9 Å². The molecule has 0 aliphatic carbocycles. The molecule has 0 saturated carbocycles. The zero-order chi connectivity index (χ0) is 13.0. The average molecular weight is 283 g/mol. The Balaban J connectivity index is 2.01. The lowest BCUT2D eigenvalue weighted by Gasteiger charge is -2.24. The molecule has 2 aromatic rings. The predicted octanol–water partition coefficient (Wildman–Crippen LogP) is 4.75. The second kappa shape index (κ2) is 5.89. The van der Waals surface area contributed by atoms with Gasteiger partial charge in [-0.1, -0.05) is 26.0 Å². The molecule has 1 aromatic heterocycles. The van der Waals surface area contributed by atoms with E-state index < -0.39 is 0 Å². The highest BCUT2D eigenvalue weighted by Gasteiger charge is 2.17. The van der Waals surface area contributed by atoms with Gasteiger partial charge in [0.05, 0.1) is 5.52 Å². The SMILES string of the molecule is CC(C)(CCCCl)CNc1snc2ccccc12. The van der Waals surface area contributed by atoms with Crippen molar-refractivity contribution in [1.29, 1.82) is 0 Å². The maximum absolute atomic E-state index is 5.76. The van der Waals surface area contributed by atoms with Gasteiger partial charge in [-0.2, -0.15) is 4.37 Å². The second-order valence-electron chi connectivity index (χ2n) is 5.34. The summed E-state index contributed by atoms with van der Waals surface area (Å²) in [5, 5.41) is 5.92. The van der Waals surface area contributed by atoms with Gasteiger partial charge in [-0.15, -0.1) is 11.6 Å².